The van der Waals surface area contributed by atoms with Gasteiger partial charge in [0.2, 0.25) is 0 Å². The Morgan fingerprint density at radius 3 is 2.85 bits per heavy atom. The Balaban J connectivity index is 1.49. The maximum atomic E-state index is 12.9. The Hall–Kier alpha value is -2.69. The van der Waals surface area contributed by atoms with Gasteiger partial charge in [-0.05, 0) is 12.5 Å². The lowest BCUT2D eigenvalue weighted by Gasteiger charge is -2.49. The fourth-order valence-electron chi connectivity index (χ4n) is 3.18. The number of anilines is 1. The highest BCUT2D eigenvalue weighted by Gasteiger charge is 2.54. The molecule has 174 valence electrons. The minimum absolute atomic E-state index is 0.0546. The number of amides is 2. The van der Waals surface area contributed by atoms with E-state index in [9.17, 15) is 19.5 Å². The number of nitrogen functional groups attached to an aromatic ring is 1. The van der Waals surface area contributed by atoms with Crippen molar-refractivity contribution >= 4 is 74.8 Å². The Bertz CT molecular complexity index is 1180. The number of carbonyl (C=O) groups excluding carboxylic acids is 2. The van der Waals surface area contributed by atoms with Crippen LogP contribution in [-0.2, 0) is 19.2 Å². The maximum Gasteiger partial charge on any atom is 0.352 e. The molecule has 2 aromatic rings. The van der Waals surface area contributed by atoms with Crippen LogP contribution in [0.25, 0.3) is 0 Å². The number of rotatable bonds is 8. The van der Waals surface area contributed by atoms with Crippen molar-refractivity contribution in [2.45, 2.75) is 22.7 Å². The Labute approximate surface area is 203 Å². The number of carboxylic acid groups (broad SMARTS) is 1. The molecule has 12 nitrogen and oxygen atoms in total. The van der Waals surface area contributed by atoms with E-state index in [1.54, 1.807) is 5.38 Å². The molecule has 0 saturated carbocycles. The molecule has 0 aromatic carbocycles. The topological polar surface area (TPSA) is 173 Å². The molecule has 16 heteroatoms. The van der Waals surface area contributed by atoms with Gasteiger partial charge in [-0.1, -0.05) is 28.3 Å². The summed E-state index contributed by atoms with van der Waals surface area (Å²) in [5.41, 5.74) is 6.27. The van der Waals surface area contributed by atoms with Gasteiger partial charge in [0, 0.05) is 16.9 Å². The number of aromatic nitrogens is 3. The Morgan fingerprint density at radius 1 is 1.45 bits per heavy atom. The van der Waals surface area contributed by atoms with Gasteiger partial charge in [-0.25, -0.2) is 9.78 Å². The summed E-state index contributed by atoms with van der Waals surface area (Å²) in [4.78, 5) is 47.6. The van der Waals surface area contributed by atoms with Gasteiger partial charge >= 0.3 is 5.97 Å². The summed E-state index contributed by atoms with van der Waals surface area (Å²) < 4.78 is 0.726. The largest absolute Gasteiger partial charge is 0.477 e. The van der Waals surface area contributed by atoms with Crippen LogP contribution < -0.4 is 11.1 Å². The van der Waals surface area contributed by atoms with E-state index in [0.717, 1.165) is 20.7 Å². The molecule has 0 radical (unpaired) electrons. The van der Waals surface area contributed by atoms with Gasteiger partial charge in [0.05, 0.1) is 0 Å². The number of oxime groups is 1. The van der Waals surface area contributed by atoms with Gasteiger partial charge in [-0.15, -0.1) is 33.3 Å². The second-order valence-corrected chi connectivity index (χ2v) is 11.1. The molecular formula is C17H17N7O5S4. The van der Waals surface area contributed by atoms with E-state index in [0.29, 0.717) is 17.1 Å². The van der Waals surface area contributed by atoms with Crippen LogP contribution in [0.3, 0.4) is 0 Å². The SMILES string of the molecule is CO/N=C(/C(=O)NC1C(=O)N2C(C(=O)O)=C(CSc3nnc(C)s3)CS[C@H]12)c1csc(N)n1. The van der Waals surface area contributed by atoms with Crippen molar-refractivity contribution in [2.24, 2.45) is 5.16 Å². The van der Waals surface area contributed by atoms with Crippen molar-refractivity contribution in [1.29, 1.82) is 0 Å². The second-order valence-electron chi connectivity index (χ2n) is 6.69. The molecule has 2 aliphatic heterocycles. The van der Waals surface area contributed by atoms with Crippen molar-refractivity contribution in [3.63, 3.8) is 0 Å². The average molecular weight is 528 g/mol. The number of nitrogens with two attached hydrogens (primary N) is 1. The van der Waals surface area contributed by atoms with Gasteiger partial charge in [-0.2, -0.15) is 0 Å². The average Bonchev–Trinajstić information content (AvgIpc) is 3.40. The number of carboxylic acids is 1. The van der Waals surface area contributed by atoms with Crippen molar-refractivity contribution in [1.82, 2.24) is 25.4 Å². The molecule has 1 fully saturated rings. The summed E-state index contributed by atoms with van der Waals surface area (Å²) in [5, 5.41) is 26.2. The molecule has 33 heavy (non-hydrogen) atoms. The number of hydrogen-bond acceptors (Lipinski definition) is 13. The molecule has 4 heterocycles. The first-order valence-electron chi connectivity index (χ1n) is 9.26. The zero-order valence-corrected chi connectivity index (χ0v) is 20.4. The number of fused-ring (bicyclic) bond motifs is 1. The minimum atomic E-state index is -1.19. The number of nitrogens with zero attached hydrogens (tertiary/aromatic N) is 5. The molecule has 4 rings (SSSR count). The van der Waals surface area contributed by atoms with Gasteiger partial charge in [-0.3, -0.25) is 14.5 Å². The van der Waals surface area contributed by atoms with E-state index in [1.807, 2.05) is 6.92 Å². The van der Waals surface area contributed by atoms with E-state index in [-0.39, 0.29) is 22.2 Å². The molecule has 0 bridgehead atoms. The summed E-state index contributed by atoms with van der Waals surface area (Å²) in [6.07, 6.45) is 0. The zero-order valence-electron chi connectivity index (χ0n) is 17.2. The van der Waals surface area contributed by atoms with Gasteiger partial charge in [0.15, 0.2) is 15.2 Å². The normalized spacial score (nSPS) is 20.4. The number of carbonyl (C=O) groups is 3. The fourth-order valence-corrected chi connectivity index (χ4v) is 7.03. The van der Waals surface area contributed by atoms with Gasteiger partial charge < -0.3 is 21.0 Å². The molecule has 2 amide bonds. The summed E-state index contributed by atoms with van der Waals surface area (Å²) in [5.74, 6) is -1.61. The van der Waals surface area contributed by atoms with E-state index >= 15 is 0 Å². The molecule has 0 spiro atoms. The minimum Gasteiger partial charge on any atom is -0.477 e. The van der Waals surface area contributed by atoms with Crippen LogP contribution in [-0.4, -0.2) is 78.7 Å². The van der Waals surface area contributed by atoms with E-state index in [1.165, 1.54) is 46.9 Å². The first-order chi connectivity index (χ1) is 15.8. The van der Waals surface area contributed by atoms with Crippen LogP contribution >= 0.6 is 46.2 Å². The Morgan fingerprint density at radius 2 is 2.24 bits per heavy atom. The van der Waals surface area contributed by atoms with E-state index < -0.39 is 29.2 Å². The first-order valence-corrected chi connectivity index (χ1v) is 13.0. The molecule has 1 unspecified atom stereocenters. The third-order valence-corrected chi connectivity index (χ3v) is 8.65. The van der Waals surface area contributed by atoms with E-state index in [2.05, 4.69) is 25.7 Å². The summed E-state index contributed by atoms with van der Waals surface area (Å²) >= 11 is 5.30. The number of hydrogen-bond donors (Lipinski definition) is 3. The quantitative estimate of drug-likeness (QED) is 0.191. The van der Waals surface area contributed by atoms with Gasteiger partial charge in [0.1, 0.15) is 34.9 Å². The van der Waals surface area contributed by atoms with Gasteiger partial charge in [0.25, 0.3) is 11.8 Å². The molecule has 0 aliphatic carbocycles. The molecule has 2 aliphatic rings. The summed E-state index contributed by atoms with van der Waals surface area (Å²) in [6.45, 7) is 1.84. The van der Waals surface area contributed by atoms with E-state index in [4.69, 9.17) is 10.6 Å². The number of thiazole rings is 1. The second kappa shape index (κ2) is 9.66. The van der Waals surface area contributed by atoms with Crippen LogP contribution in [0.5, 0.6) is 0 Å². The number of nitrogens with one attached hydrogen (secondary N) is 1. The third kappa shape index (κ3) is 4.68. The van der Waals surface area contributed by atoms with Crippen LogP contribution in [0, 0.1) is 6.92 Å². The highest BCUT2D eigenvalue weighted by atomic mass is 32.2. The fraction of sp³-hybridized carbons (Fsp3) is 0.353. The number of aliphatic carboxylic acids is 1. The Kier molecular flexibility index (Phi) is 6.87. The van der Waals surface area contributed by atoms with Crippen molar-refractivity contribution in [3.8, 4) is 0 Å². The maximum absolute atomic E-state index is 12.9. The molecular weight excluding hydrogens is 510 g/mol. The number of thioether (sulfide) groups is 2. The monoisotopic (exact) mass is 527 g/mol. The lowest BCUT2D eigenvalue weighted by atomic mass is 10.0. The van der Waals surface area contributed by atoms with Crippen molar-refractivity contribution in [3.05, 3.63) is 27.4 Å². The highest BCUT2D eigenvalue weighted by molar-refractivity contribution is 8.01. The first kappa shape index (κ1) is 23.5. The summed E-state index contributed by atoms with van der Waals surface area (Å²) in [6, 6.07) is -0.907. The summed E-state index contributed by atoms with van der Waals surface area (Å²) in [7, 11) is 1.28. The predicted molar refractivity (Wildman–Crippen MR) is 125 cm³/mol. The molecule has 4 N–H and O–H groups in total. The third-order valence-electron chi connectivity index (χ3n) is 4.58. The van der Waals surface area contributed by atoms with Crippen LogP contribution in [0.15, 0.2) is 26.1 Å². The standard InChI is InChI=1S/C17H17N7O5S4/c1-6-21-22-17(33-6)32-4-7-3-30-14-10(13(26)24(14)11(7)15(27)28)20-12(25)9(23-29-2)8-5-31-16(18)19-8/h5,10,14H,3-4H2,1-2H3,(H2,18,19)(H,20,25)(H,27,28)/b23-9+/t10?,14-/m1/s1. The highest BCUT2D eigenvalue weighted by Crippen LogP contribution is 2.41. The lowest BCUT2D eigenvalue weighted by molar-refractivity contribution is -0.150. The number of aryl methyl sites for hydroxylation is 1. The smallest absolute Gasteiger partial charge is 0.352 e. The van der Waals surface area contributed by atoms with Crippen LogP contribution in [0.2, 0.25) is 0 Å². The lowest BCUT2D eigenvalue weighted by Crippen LogP contribution is -2.71. The van der Waals surface area contributed by atoms with Crippen molar-refractivity contribution < 1.29 is 24.3 Å². The predicted octanol–water partition coefficient (Wildman–Crippen LogP) is 0.767. The molecule has 2 atom stereocenters. The number of β-lactam (4-membered cyclic amide) rings is 1. The molecule has 2 aromatic heterocycles. The zero-order chi connectivity index (χ0) is 23.7. The van der Waals surface area contributed by atoms with Crippen LogP contribution in [0.1, 0.15) is 10.7 Å². The van der Waals surface area contributed by atoms with Crippen LogP contribution in [0.4, 0.5) is 5.13 Å². The van der Waals surface area contributed by atoms with Crippen molar-refractivity contribution in [2.75, 3.05) is 24.3 Å². The molecule has 1 saturated heterocycles.